The van der Waals surface area contributed by atoms with Gasteiger partial charge in [-0.05, 0) is 25.0 Å². The molecule has 1 aromatic carbocycles. The molecule has 2 aromatic heterocycles. The van der Waals surface area contributed by atoms with E-state index in [0.29, 0.717) is 17.3 Å². The van der Waals surface area contributed by atoms with E-state index in [1.165, 1.54) is 37.4 Å². The van der Waals surface area contributed by atoms with Gasteiger partial charge in [-0.15, -0.1) is 0 Å². The van der Waals surface area contributed by atoms with Crippen molar-refractivity contribution in [3.63, 3.8) is 0 Å². The van der Waals surface area contributed by atoms with Crippen molar-refractivity contribution in [2.24, 2.45) is 0 Å². The van der Waals surface area contributed by atoms with Crippen LogP contribution in [0.4, 0.5) is 4.39 Å². The van der Waals surface area contributed by atoms with E-state index in [1.54, 1.807) is 12.1 Å². The van der Waals surface area contributed by atoms with Crippen molar-refractivity contribution in [1.82, 2.24) is 19.6 Å². The van der Waals surface area contributed by atoms with Crippen molar-refractivity contribution in [1.29, 1.82) is 0 Å². The maximum atomic E-state index is 14.2. The first kappa shape index (κ1) is 16.7. The normalized spacial score (nSPS) is 18.1. The summed E-state index contributed by atoms with van der Waals surface area (Å²) < 4.78 is 22.1. The fraction of sp³-hybridized carbons (Fsp3) is 0.429. The van der Waals surface area contributed by atoms with Crippen LogP contribution in [-0.2, 0) is 19.5 Å². The monoisotopic (exact) mass is 366 g/mol. The Hall–Kier alpha value is -2.47. The Morgan fingerprint density at radius 1 is 1.19 bits per heavy atom. The number of fused-ring (bicyclic) bond motifs is 1. The molecule has 5 rings (SSSR count). The number of imidazole rings is 1. The van der Waals surface area contributed by atoms with E-state index in [-0.39, 0.29) is 5.82 Å². The summed E-state index contributed by atoms with van der Waals surface area (Å²) in [7, 11) is 0. The third-order valence-corrected chi connectivity index (χ3v) is 5.89. The number of halogens is 1. The molecule has 1 aliphatic carbocycles. The van der Waals surface area contributed by atoms with Crippen molar-refractivity contribution in [2.45, 2.75) is 51.2 Å². The zero-order valence-corrected chi connectivity index (χ0v) is 15.3. The smallest absolute Gasteiger partial charge is 0.143 e. The number of benzene rings is 1. The van der Waals surface area contributed by atoms with Crippen LogP contribution < -0.4 is 0 Å². The minimum absolute atomic E-state index is 0.259. The molecule has 1 fully saturated rings. The molecular formula is C21H23FN4O. The second-order valence-corrected chi connectivity index (χ2v) is 7.60. The third kappa shape index (κ3) is 3.08. The molecule has 3 aromatic rings. The summed E-state index contributed by atoms with van der Waals surface area (Å²) >= 11 is 0. The van der Waals surface area contributed by atoms with Crippen LogP contribution >= 0.6 is 0 Å². The zero-order chi connectivity index (χ0) is 18.2. The molecular weight excluding hydrogens is 343 g/mol. The lowest BCUT2D eigenvalue weighted by Gasteiger charge is -2.27. The van der Waals surface area contributed by atoms with Gasteiger partial charge >= 0.3 is 0 Å². The van der Waals surface area contributed by atoms with Gasteiger partial charge in [0.1, 0.15) is 17.3 Å². The number of rotatable bonds is 4. The van der Waals surface area contributed by atoms with Crippen molar-refractivity contribution in [2.75, 3.05) is 6.54 Å². The predicted octanol–water partition coefficient (Wildman–Crippen LogP) is 4.35. The summed E-state index contributed by atoms with van der Waals surface area (Å²) in [6.07, 6.45) is 9.87. The van der Waals surface area contributed by atoms with Gasteiger partial charge < -0.3 is 9.09 Å². The van der Waals surface area contributed by atoms with Crippen LogP contribution in [0.2, 0.25) is 0 Å². The number of nitrogens with zero attached hydrogens (tertiary/aromatic N) is 4. The SMILES string of the molecule is Fc1ccccc1-c1noc2c1CN(Cc1cncn1C1CCCC1)CC2. The van der Waals surface area contributed by atoms with E-state index >= 15 is 0 Å². The number of aromatic nitrogens is 3. The first-order valence-electron chi connectivity index (χ1n) is 9.75. The zero-order valence-electron chi connectivity index (χ0n) is 15.3. The van der Waals surface area contributed by atoms with Gasteiger partial charge in [0.2, 0.25) is 0 Å². The molecule has 1 aliphatic heterocycles. The molecule has 2 aliphatic rings. The van der Waals surface area contributed by atoms with Crippen LogP contribution in [-0.4, -0.2) is 26.2 Å². The Morgan fingerprint density at radius 3 is 2.89 bits per heavy atom. The minimum Gasteiger partial charge on any atom is -0.360 e. The lowest BCUT2D eigenvalue weighted by Crippen LogP contribution is -2.30. The van der Waals surface area contributed by atoms with Crippen LogP contribution in [0.25, 0.3) is 11.3 Å². The van der Waals surface area contributed by atoms with E-state index in [1.807, 2.05) is 18.6 Å². The Balaban J connectivity index is 1.38. The van der Waals surface area contributed by atoms with Crippen molar-refractivity contribution in [3.05, 3.63) is 59.6 Å². The first-order valence-corrected chi connectivity index (χ1v) is 9.75. The molecule has 0 bridgehead atoms. The van der Waals surface area contributed by atoms with Crippen LogP contribution in [0.1, 0.15) is 48.7 Å². The summed E-state index contributed by atoms with van der Waals surface area (Å²) in [5.74, 6) is 0.624. The molecule has 5 nitrogen and oxygen atoms in total. The Labute approximate surface area is 157 Å². The molecule has 6 heteroatoms. The Morgan fingerprint density at radius 2 is 2.04 bits per heavy atom. The Kier molecular flexibility index (Phi) is 4.28. The van der Waals surface area contributed by atoms with Crippen LogP contribution in [0, 0.1) is 5.82 Å². The topological polar surface area (TPSA) is 47.1 Å². The van der Waals surface area contributed by atoms with Crippen LogP contribution in [0.5, 0.6) is 0 Å². The maximum Gasteiger partial charge on any atom is 0.143 e. The van der Waals surface area contributed by atoms with Gasteiger partial charge in [0, 0.05) is 49.4 Å². The molecule has 0 unspecified atom stereocenters. The van der Waals surface area contributed by atoms with E-state index < -0.39 is 0 Å². The molecule has 0 radical (unpaired) electrons. The van der Waals surface area contributed by atoms with Crippen molar-refractivity contribution in [3.8, 4) is 11.3 Å². The highest BCUT2D eigenvalue weighted by molar-refractivity contribution is 5.64. The third-order valence-electron chi connectivity index (χ3n) is 5.89. The fourth-order valence-electron chi connectivity index (χ4n) is 4.46. The predicted molar refractivity (Wildman–Crippen MR) is 99.4 cm³/mol. The van der Waals surface area contributed by atoms with Gasteiger partial charge in [-0.25, -0.2) is 9.37 Å². The van der Waals surface area contributed by atoms with E-state index in [0.717, 1.165) is 37.4 Å². The Bertz CT molecular complexity index is 941. The second-order valence-electron chi connectivity index (χ2n) is 7.60. The molecule has 0 saturated heterocycles. The first-order chi connectivity index (χ1) is 13.3. The average Bonchev–Trinajstić information content (AvgIpc) is 3.42. The lowest BCUT2D eigenvalue weighted by atomic mass is 10.0. The van der Waals surface area contributed by atoms with E-state index in [2.05, 4.69) is 19.6 Å². The highest BCUT2D eigenvalue weighted by Crippen LogP contribution is 2.33. The van der Waals surface area contributed by atoms with Crippen molar-refractivity contribution < 1.29 is 8.91 Å². The quantitative estimate of drug-likeness (QED) is 0.689. The molecule has 1 saturated carbocycles. The lowest BCUT2D eigenvalue weighted by molar-refractivity contribution is 0.221. The van der Waals surface area contributed by atoms with Gasteiger partial charge in [-0.3, -0.25) is 4.90 Å². The molecule has 0 atom stereocenters. The maximum absolute atomic E-state index is 14.2. The minimum atomic E-state index is -0.259. The van der Waals surface area contributed by atoms with Crippen LogP contribution in [0.15, 0.2) is 41.3 Å². The fourth-order valence-corrected chi connectivity index (χ4v) is 4.46. The molecule has 0 spiro atoms. The average molecular weight is 366 g/mol. The van der Waals surface area contributed by atoms with Gasteiger partial charge in [-0.1, -0.05) is 30.1 Å². The largest absolute Gasteiger partial charge is 0.360 e. The van der Waals surface area contributed by atoms with Gasteiger partial charge in [0.25, 0.3) is 0 Å². The van der Waals surface area contributed by atoms with E-state index in [4.69, 9.17) is 4.52 Å². The molecule has 0 amide bonds. The summed E-state index contributed by atoms with van der Waals surface area (Å²) in [5.41, 5.74) is 3.42. The van der Waals surface area contributed by atoms with Gasteiger partial charge in [0.15, 0.2) is 0 Å². The second kappa shape index (κ2) is 6.93. The number of hydrogen-bond donors (Lipinski definition) is 0. The summed E-state index contributed by atoms with van der Waals surface area (Å²) in [6.45, 7) is 2.48. The van der Waals surface area contributed by atoms with Gasteiger partial charge in [-0.2, -0.15) is 0 Å². The highest BCUT2D eigenvalue weighted by Gasteiger charge is 2.27. The van der Waals surface area contributed by atoms with Crippen LogP contribution in [0.3, 0.4) is 0 Å². The highest BCUT2D eigenvalue weighted by atomic mass is 19.1. The summed E-state index contributed by atoms with van der Waals surface area (Å²) in [4.78, 5) is 6.78. The van der Waals surface area contributed by atoms with E-state index in [9.17, 15) is 4.39 Å². The molecule has 3 heterocycles. The molecule has 0 N–H and O–H groups in total. The molecule has 27 heavy (non-hydrogen) atoms. The number of hydrogen-bond acceptors (Lipinski definition) is 4. The summed E-state index contributed by atoms with van der Waals surface area (Å²) in [5, 5.41) is 4.18. The van der Waals surface area contributed by atoms with Crippen molar-refractivity contribution >= 4 is 0 Å². The van der Waals surface area contributed by atoms with Gasteiger partial charge in [0.05, 0.1) is 12.0 Å². The summed E-state index contributed by atoms with van der Waals surface area (Å²) in [6, 6.07) is 7.35. The molecule has 140 valence electrons. The standard InChI is InChI=1S/C21H23FN4O/c22-19-8-4-3-7-17(19)21-18-13-25(10-9-20(18)27-24-21)12-16-11-23-14-26(16)15-5-1-2-6-15/h3-4,7-8,11,14-15H,1-2,5-6,9-10,12-13H2.